The molecule has 0 amide bonds. The van der Waals surface area contributed by atoms with E-state index in [-0.39, 0.29) is 22.0 Å². The third kappa shape index (κ3) is 2.60. The van der Waals surface area contributed by atoms with Crippen molar-refractivity contribution in [2.45, 2.75) is 103 Å². The monoisotopic (exact) mass is 418 g/mol. The first-order valence-electron chi connectivity index (χ1n) is 11.0. The topological polar surface area (TPSA) is 36.9 Å². The van der Waals surface area contributed by atoms with Crippen molar-refractivity contribution in [1.29, 1.82) is 0 Å². The lowest BCUT2D eigenvalue weighted by molar-refractivity contribution is -0.628. The second-order valence-corrected chi connectivity index (χ2v) is 16.7. The third-order valence-corrected chi connectivity index (χ3v) is 12.5. The lowest BCUT2D eigenvalue weighted by Crippen LogP contribution is -2.73. The number of fused-ring (bicyclic) bond motifs is 3. The first-order chi connectivity index (χ1) is 13.2. The summed E-state index contributed by atoms with van der Waals surface area (Å²) in [5, 5.41) is 0.140. The summed E-state index contributed by atoms with van der Waals surface area (Å²) in [7, 11) is -1.94. The fraction of sp³-hybridized carbons (Fsp3) is 0.750. The van der Waals surface area contributed by atoms with Gasteiger partial charge in [0.25, 0.3) is 5.79 Å². The molecule has 2 saturated heterocycles. The fourth-order valence-corrected chi connectivity index (χ4v) is 6.73. The van der Waals surface area contributed by atoms with E-state index in [1.165, 1.54) is 6.42 Å². The summed E-state index contributed by atoms with van der Waals surface area (Å²) in [5.74, 6) is 0.0188. The normalized spacial score (nSPS) is 37.1. The molecule has 1 aromatic carbocycles. The summed E-state index contributed by atoms with van der Waals surface area (Å²) in [6.45, 7) is 20.4. The molecule has 2 aliphatic heterocycles. The Hall–Kier alpha value is -0.883. The van der Waals surface area contributed by atoms with Crippen molar-refractivity contribution in [1.82, 2.24) is 0 Å². The van der Waals surface area contributed by atoms with E-state index >= 15 is 0 Å². The van der Waals surface area contributed by atoms with Crippen molar-refractivity contribution in [3.8, 4) is 5.75 Å². The molecule has 29 heavy (non-hydrogen) atoms. The van der Waals surface area contributed by atoms with Gasteiger partial charge in [0.05, 0.1) is 6.10 Å². The maximum absolute atomic E-state index is 6.75. The highest BCUT2D eigenvalue weighted by Gasteiger charge is 2.85. The molecule has 0 aromatic heterocycles. The lowest BCUT2D eigenvalue weighted by Gasteiger charge is -2.61. The maximum Gasteiger partial charge on any atom is 0.261 e. The van der Waals surface area contributed by atoms with Crippen LogP contribution in [0.3, 0.4) is 0 Å². The number of benzene rings is 1. The molecule has 1 aliphatic carbocycles. The van der Waals surface area contributed by atoms with Gasteiger partial charge < -0.3 is 9.16 Å². The molecule has 0 spiro atoms. The molecule has 1 aromatic rings. The summed E-state index contributed by atoms with van der Waals surface area (Å²) in [6.07, 6.45) is 3.48. The van der Waals surface area contributed by atoms with Crippen molar-refractivity contribution in [2.24, 2.45) is 10.8 Å². The maximum atomic E-state index is 6.75. The zero-order valence-corrected chi connectivity index (χ0v) is 20.6. The molecule has 162 valence electrons. The average molecular weight is 419 g/mol. The van der Waals surface area contributed by atoms with Crippen molar-refractivity contribution < 1.29 is 18.9 Å². The minimum absolute atomic E-state index is 0.0697. The molecule has 5 heteroatoms. The predicted octanol–water partition coefficient (Wildman–Crippen LogP) is 6.56. The summed E-state index contributed by atoms with van der Waals surface area (Å²) in [6, 6.07) is 8.33. The average Bonchev–Trinajstić information content (AvgIpc) is 2.95. The van der Waals surface area contributed by atoms with E-state index in [0.717, 1.165) is 24.2 Å². The van der Waals surface area contributed by atoms with Gasteiger partial charge in [0.2, 0.25) is 8.32 Å². The quantitative estimate of drug-likeness (QED) is 0.411. The summed E-state index contributed by atoms with van der Waals surface area (Å²) < 4.78 is 13.3. The third-order valence-electron chi connectivity index (χ3n) is 8.18. The van der Waals surface area contributed by atoms with Crippen LogP contribution >= 0.6 is 0 Å². The van der Waals surface area contributed by atoms with Crippen LogP contribution in [0.5, 0.6) is 5.75 Å². The highest BCUT2D eigenvalue weighted by molar-refractivity contribution is 6.74. The smallest absolute Gasteiger partial charge is 0.261 e. The Kier molecular flexibility index (Phi) is 4.48. The predicted molar refractivity (Wildman–Crippen MR) is 117 cm³/mol. The van der Waals surface area contributed by atoms with E-state index in [0.29, 0.717) is 0 Å². The molecule has 3 fully saturated rings. The van der Waals surface area contributed by atoms with Crippen LogP contribution < -0.4 is 4.43 Å². The van der Waals surface area contributed by atoms with Gasteiger partial charge in [-0.25, -0.2) is 4.89 Å². The minimum Gasteiger partial charge on any atom is -0.543 e. The number of rotatable bonds is 3. The summed E-state index contributed by atoms with van der Waals surface area (Å²) >= 11 is 0. The van der Waals surface area contributed by atoms with Crippen molar-refractivity contribution in [2.75, 3.05) is 0 Å². The second kappa shape index (κ2) is 6.09. The van der Waals surface area contributed by atoms with E-state index < -0.39 is 19.7 Å². The first kappa shape index (κ1) is 21.4. The SMILES string of the molecule is CC(C)(C)[C@]12OO[C@@]1(c1cccc(O[Si](C)(C)C(C)(C)C)c1)O[C@@H]1CCC[C@]12C. The van der Waals surface area contributed by atoms with E-state index in [4.69, 9.17) is 18.9 Å². The standard InChI is InChI=1S/C24H38O4Si/c1-20(2,3)24-22(7)15-11-14-19(22)25-23(24,27-28-24)17-12-10-13-18(16-17)26-29(8,9)21(4,5)6/h10,12-13,16,19H,11,14-15H2,1-9H3/t19-,22-,23-,24-/m1/s1. The second-order valence-electron chi connectivity index (χ2n) is 12.0. The van der Waals surface area contributed by atoms with Gasteiger partial charge in [-0.3, -0.25) is 0 Å². The molecule has 2 heterocycles. The number of hydrogen-bond acceptors (Lipinski definition) is 4. The molecule has 4 atom stereocenters. The Morgan fingerprint density at radius 2 is 1.76 bits per heavy atom. The van der Waals surface area contributed by atoms with Gasteiger partial charge in [0.1, 0.15) is 5.75 Å². The van der Waals surface area contributed by atoms with Crippen LogP contribution in [0.25, 0.3) is 0 Å². The van der Waals surface area contributed by atoms with E-state index in [9.17, 15) is 0 Å². The molecule has 4 nitrogen and oxygen atoms in total. The lowest BCUT2D eigenvalue weighted by atomic mass is 9.55. The molecule has 1 saturated carbocycles. The van der Waals surface area contributed by atoms with Gasteiger partial charge in [-0.1, -0.05) is 67.0 Å². The van der Waals surface area contributed by atoms with Crippen LogP contribution in [-0.4, -0.2) is 20.0 Å². The highest BCUT2D eigenvalue weighted by Crippen LogP contribution is 2.74. The van der Waals surface area contributed by atoms with E-state index in [1.807, 2.05) is 0 Å². The van der Waals surface area contributed by atoms with Crippen molar-refractivity contribution in [3.63, 3.8) is 0 Å². The Morgan fingerprint density at radius 1 is 1.07 bits per heavy atom. The van der Waals surface area contributed by atoms with Crippen LogP contribution in [0.15, 0.2) is 24.3 Å². The number of hydrogen-bond donors (Lipinski definition) is 0. The molecule has 0 bridgehead atoms. The minimum atomic E-state index is -1.94. The van der Waals surface area contributed by atoms with Gasteiger partial charge in [-0.15, -0.1) is 0 Å². The van der Waals surface area contributed by atoms with Gasteiger partial charge in [-0.2, -0.15) is 4.89 Å². The van der Waals surface area contributed by atoms with Crippen LogP contribution in [0.4, 0.5) is 0 Å². The van der Waals surface area contributed by atoms with Gasteiger partial charge >= 0.3 is 0 Å². The molecule has 4 rings (SSSR count). The Labute approximate surface area is 177 Å². The summed E-state index contributed by atoms with van der Waals surface area (Å²) in [5.41, 5.74) is 0.268. The highest BCUT2D eigenvalue weighted by atomic mass is 28.4. The molecular formula is C24H38O4Si. The van der Waals surface area contributed by atoms with Crippen molar-refractivity contribution >= 4 is 8.32 Å². The molecule has 3 aliphatic rings. The fourth-order valence-electron chi connectivity index (χ4n) is 5.71. The molecular weight excluding hydrogens is 380 g/mol. The van der Waals surface area contributed by atoms with Crippen LogP contribution in [-0.2, 0) is 20.3 Å². The first-order valence-corrected chi connectivity index (χ1v) is 14.0. The molecule has 0 N–H and O–H groups in total. The van der Waals surface area contributed by atoms with Crippen LogP contribution in [0.2, 0.25) is 18.1 Å². The van der Waals surface area contributed by atoms with E-state index in [2.05, 4.69) is 85.8 Å². The van der Waals surface area contributed by atoms with Gasteiger partial charge in [0, 0.05) is 16.4 Å². The van der Waals surface area contributed by atoms with E-state index in [1.54, 1.807) is 0 Å². The van der Waals surface area contributed by atoms with Gasteiger partial charge in [0.15, 0.2) is 5.60 Å². The molecule has 0 unspecified atom stereocenters. The summed E-state index contributed by atoms with van der Waals surface area (Å²) in [4.78, 5) is 12.1. The zero-order chi connectivity index (χ0) is 21.5. The Morgan fingerprint density at radius 3 is 2.31 bits per heavy atom. The van der Waals surface area contributed by atoms with Crippen molar-refractivity contribution in [3.05, 3.63) is 29.8 Å². The Bertz CT molecular complexity index is 808. The zero-order valence-electron chi connectivity index (χ0n) is 19.6. The van der Waals surface area contributed by atoms with Crippen LogP contribution in [0.1, 0.15) is 73.3 Å². The van der Waals surface area contributed by atoms with Crippen LogP contribution in [0, 0.1) is 10.8 Å². The molecule has 0 radical (unpaired) electrons. The van der Waals surface area contributed by atoms with Gasteiger partial charge in [-0.05, 0) is 43.1 Å². The number of ether oxygens (including phenoxy) is 1. The largest absolute Gasteiger partial charge is 0.543 e. The Balaban J connectivity index is 1.77.